The van der Waals surface area contributed by atoms with Gasteiger partial charge in [0.15, 0.2) is 0 Å². The molecule has 1 fully saturated rings. The van der Waals surface area contributed by atoms with Gasteiger partial charge in [-0.05, 0) is 61.6 Å². The van der Waals surface area contributed by atoms with Gasteiger partial charge in [-0.25, -0.2) is 0 Å². The fourth-order valence-corrected chi connectivity index (χ4v) is 3.62. The van der Waals surface area contributed by atoms with Gasteiger partial charge >= 0.3 is 0 Å². The fraction of sp³-hybridized carbons (Fsp3) is 0.250. The summed E-state index contributed by atoms with van der Waals surface area (Å²) < 4.78 is 1.72. The monoisotopic (exact) mass is 317 g/mol. The average molecular weight is 317 g/mol. The largest absolute Gasteiger partial charge is 0.284 e. The zero-order valence-corrected chi connectivity index (χ0v) is 13.8. The Morgan fingerprint density at radius 2 is 1.83 bits per heavy atom. The van der Waals surface area contributed by atoms with Crippen LogP contribution in [0.5, 0.6) is 0 Å². The van der Waals surface area contributed by atoms with Gasteiger partial charge in [0.25, 0.3) is 5.56 Å². The molecule has 3 heterocycles. The first-order valence-corrected chi connectivity index (χ1v) is 8.21. The Hall–Kier alpha value is -2.75. The Kier molecular flexibility index (Phi) is 3.53. The first-order valence-electron chi connectivity index (χ1n) is 8.21. The van der Waals surface area contributed by atoms with Crippen molar-refractivity contribution in [1.29, 1.82) is 0 Å². The van der Waals surface area contributed by atoms with Crippen LogP contribution in [0.15, 0.2) is 59.9 Å². The summed E-state index contributed by atoms with van der Waals surface area (Å²) in [6, 6.07) is 9.75. The number of aromatic nitrogens is 3. The van der Waals surface area contributed by atoms with Crippen LogP contribution < -0.4 is 5.56 Å². The van der Waals surface area contributed by atoms with Crippen LogP contribution in [-0.2, 0) is 0 Å². The van der Waals surface area contributed by atoms with E-state index < -0.39 is 0 Å². The van der Waals surface area contributed by atoms with Crippen LogP contribution >= 0.6 is 0 Å². The molecule has 3 aromatic heterocycles. The topological polar surface area (TPSA) is 47.8 Å². The predicted molar refractivity (Wildman–Crippen MR) is 93.6 cm³/mol. The quantitative estimate of drug-likeness (QED) is 0.742. The molecule has 3 aromatic rings. The predicted octanol–water partition coefficient (Wildman–Crippen LogP) is 3.52. The molecule has 0 saturated heterocycles. The van der Waals surface area contributed by atoms with Crippen LogP contribution in [0, 0.1) is 13.8 Å². The summed E-state index contributed by atoms with van der Waals surface area (Å²) in [5.41, 5.74) is 5.22. The van der Waals surface area contributed by atoms with Gasteiger partial charge < -0.3 is 0 Å². The Balaban J connectivity index is 1.74. The van der Waals surface area contributed by atoms with Gasteiger partial charge in [0.05, 0.1) is 5.69 Å². The van der Waals surface area contributed by atoms with Crippen LogP contribution in [0.4, 0.5) is 0 Å². The van der Waals surface area contributed by atoms with E-state index >= 15 is 0 Å². The Morgan fingerprint density at radius 3 is 2.54 bits per heavy atom. The molecule has 0 aliphatic heterocycles. The summed E-state index contributed by atoms with van der Waals surface area (Å²) in [5.74, 6) is 0.833. The third-order valence-electron chi connectivity index (χ3n) is 4.86. The van der Waals surface area contributed by atoms with Crippen molar-refractivity contribution in [2.45, 2.75) is 32.1 Å². The highest BCUT2D eigenvalue weighted by atomic mass is 16.1. The van der Waals surface area contributed by atoms with Crippen molar-refractivity contribution in [3.05, 3.63) is 87.9 Å². The Morgan fingerprint density at radius 1 is 1.04 bits per heavy atom. The summed E-state index contributed by atoms with van der Waals surface area (Å²) in [4.78, 5) is 21.3. The summed E-state index contributed by atoms with van der Waals surface area (Å²) in [5, 5.41) is 0. The first-order chi connectivity index (χ1) is 11.7. The molecule has 0 aromatic carbocycles. The van der Waals surface area contributed by atoms with Crippen molar-refractivity contribution in [2.24, 2.45) is 0 Å². The first kappa shape index (κ1) is 14.8. The summed E-state index contributed by atoms with van der Waals surface area (Å²) in [7, 11) is 0. The second-order valence-electron chi connectivity index (χ2n) is 6.43. The van der Waals surface area contributed by atoms with Crippen LogP contribution in [0.3, 0.4) is 0 Å². The molecule has 4 rings (SSSR count). The molecular formula is C20H19N3O. The summed E-state index contributed by atoms with van der Waals surface area (Å²) in [6.07, 6.45) is 8.27. The molecule has 0 radical (unpaired) electrons. The zero-order chi connectivity index (χ0) is 16.7. The Labute approximate surface area is 140 Å². The standard InChI is InChI=1S/C20H19N3O/c1-13-12-23(15-6-9-21-10-7-15)20(24)14(2)19(13)17-11-16(17)18-5-3-4-8-22-18/h3-10,12,16-17H,11H2,1-2H3/t16-,17-/m0/s1. The molecule has 0 N–H and O–H groups in total. The second-order valence-corrected chi connectivity index (χ2v) is 6.43. The third kappa shape index (κ3) is 2.44. The minimum Gasteiger partial charge on any atom is -0.284 e. The van der Waals surface area contributed by atoms with E-state index in [1.807, 2.05) is 43.6 Å². The molecule has 0 spiro atoms. The molecule has 120 valence electrons. The molecule has 0 amide bonds. The van der Waals surface area contributed by atoms with E-state index in [-0.39, 0.29) is 5.56 Å². The molecule has 24 heavy (non-hydrogen) atoms. The summed E-state index contributed by atoms with van der Waals surface area (Å²) in [6.45, 7) is 4.03. The van der Waals surface area contributed by atoms with Crippen molar-refractivity contribution in [2.75, 3.05) is 0 Å². The van der Waals surface area contributed by atoms with Crippen molar-refractivity contribution in [3.63, 3.8) is 0 Å². The van der Waals surface area contributed by atoms with Crippen LogP contribution in [0.2, 0.25) is 0 Å². The van der Waals surface area contributed by atoms with E-state index in [2.05, 4.69) is 23.0 Å². The molecule has 4 heteroatoms. The maximum absolute atomic E-state index is 12.8. The van der Waals surface area contributed by atoms with Gasteiger partial charge in [-0.3, -0.25) is 19.3 Å². The van der Waals surface area contributed by atoms with Gasteiger partial charge in [0.1, 0.15) is 0 Å². The number of hydrogen-bond donors (Lipinski definition) is 0. The van der Waals surface area contributed by atoms with Gasteiger partial charge in [0, 0.05) is 42.0 Å². The van der Waals surface area contributed by atoms with Gasteiger partial charge in [-0.15, -0.1) is 0 Å². The lowest BCUT2D eigenvalue weighted by Gasteiger charge is -2.14. The maximum Gasteiger partial charge on any atom is 0.258 e. The smallest absolute Gasteiger partial charge is 0.258 e. The second kappa shape index (κ2) is 5.71. The van der Waals surface area contributed by atoms with E-state index in [4.69, 9.17) is 0 Å². The Bertz CT molecular complexity index is 932. The fourth-order valence-electron chi connectivity index (χ4n) is 3.62. The van der Waals surface area contributed by atoms with Crippen molar-refractivity contribution in [3.8, 4) is 5.69 Å². The molecule has 1 aliphatic carbocycles. The number of hydrogen-bond acceptors (Lipinski definition) is 3. The SMILES string of the molecule is Cc1cn(-c2ccncc2)c(=O)c(C)c1[C@H]1C[C@@H]1c1ccccn1. The van der Waals surface area contributed by atoms with E-state index in [0.29, 0.717) is 11.8 Å². The summed E-state index contributed by atoms with van der Waals surface area (Å²) >= 11 is 0. The van der Waals surface area contributed by atoms with Gasteiger partial charge in [0.2, 0.25) is 0 Å². The van der Waals surface area contributed by atoms with Crippen LogP contribution in [0.1, 0.15) is 40.6 Å². The number of rotatable bonds is 3. The average Bonchev–Trinajstić information content (AvgIpc) is 3.40. The van der Waals surface area contributed by atoms with E-state index in [0.717, 1.165) is 28.9 Å². The van der Waals surface area contributed by atoms with Crippen molar-refractivity contribution in [1.82, 2.24) is 14.5 Å². The van der Waals surface area contributed by atoms with Crippen LogP contribution in [-0.4, -0.2) is 14.5 Å². The minimum absolute atomic E-state index is 0.0495. The molecule has 4 nitrogen and oxygen atoms in total. The third-order valence-corrected chi connectivity index (χ3v) is 4.86. The van der Waals surface area contributed by atoms with Crippen LogP contribution in [0.25, 0.3) is 5.69 Å². The minimum atomic E-state index is 0.0495. The van der Waals surface area contributed by atoms with Gasteiger partial charge in [-0.2, -0.15) is 0 Å². The molecule has 0 unspecified atom stereocenters. The molecule has 1 saturated carbocycles. The number of pyridine rings is 3. The molecule has 0 bridgehead atoms. The number of nitrogens with zero attached hydrogens (tertiary/aromatic N) is 3. The molecule has 1 aliphatic rings. The van der Waals surface area contributed by atoms with Crippen molar-refractivity contribution >= 4 is 0 Å². The van der Waals surface area contributed by atoms with Crippen molar-refractivity contribution < 1.29 is 0 Å². The van der Waals surface area contributed by atoms with E-state index in [9.17, 15) is 4.79 Å². The zero-order valence-electron chi connectivity index (χ0n) is 13.8. The van der Waals surface area contributed by atoms with E-state index in [1.165, 1.54) is 5.56 Å². The molecular weight excluding hydrogens is 298 g/mol. The highest BCUT2D eigenvalue weighted by Gasteiger charge is 2.42. The lowest BCUT2D eigenvalue weighted by atomic mass is 9.99. The molecule has 2 atom stereocenters. The normalized spacial score (nSPS) is 19.2. The highest BCUT2D eigenvalue weighted by molar-refractivity contribution is 5.44. The highest BCUT2D eigenvalue weighted by Crippen LogP contribution is 2.55. The van der Waals surface area contributed by atoms with Gasteiger partial charge in [-0.1, -0.05) is 6.07 Å². The van der Waals surface area contributed by atoms with E-state index in [1.54, 1.807) is 17.0 Å². The maximum atomic E-state index is 12.8. The lowest BCUT2D eigenvalue weighted by Crippen LogP contribution is -2.23. The number of aryl methyl sites for hydroxylation is 1. The lowest BCUT2D eigenvalue weighted by molar-refractivity contribution is 0.893.